The molecule has 0 bridgehead atoms. The molecule has 0 saturated heterocycles. The fourth-order valence-corrected chi connectivity index (χ4v) is 2.09. The zero-order chi connectivity index (χ0) is 12.7. The second kappa shape index (κ2) is 6.50. The molecule has 0 atom stereocenters. The minimum atomic E-state index is -3.26. The van der Waals surface area contributed by atoms with E-state index in [-0.39, 0.29) is 11.9 Å². The second-order valence-corrected chi connectivity index (χ2v) is 5.61. The van der Waals surface area contributed by atoms with Crippen molar-refractivity contribution < 1.29 is 18.4 Å². The van der Waals surface area contributed by atoms with Crippen molar-refractivity contribution in [3.8, 4) is 0 Å². The predicted molar refractivity (Wildman–Crippen MR) is 67.0 cm³/mol. The van der Waals surface area contributed by atoms with Crippen molar-refractivity contribution in [3.63, 3.8) is 0 Å². The van der Waals surface area contributed by atoms with Crippen LogP contribution in [0.1, 0.15) is 5.56 Å². The smallest absolute Gasteiger partial charge is 0.312 e. The summed E-state index contributed by atoms with van der Waals surface area (Å²) in [4.78, 5) is 11.5. The Morgan fingerprint density at radius 1 is 1.24 bits per heavy atom. The molecule has 17 heavy (non-hydrogen) atoms. The first-order chi connectivity index (χ1) is 8.09. The van der Waals surface area contributed by atoms with Gasteiger partial charge in [-0.05, 0) is 11.6 Å². The van der Waals surface area contributed by atoms with Crippen molar-refractivity contribution in [1.82, 2.24) is 0 Å². The molecule has 0 heterocycles. The van der Waals surface area contributed by atoms with E-state index in [2.05, 4.69) is 9.05 Å². The number of carbonyl (C=O) groups excluding carboxylic acids is 1. The topological polar surface area (TPSA) is 52.6 Å². The summed E-state index contributed by atoms with van der Waals surface area (Å²) < 4.78 is 21.0. The lowest BCUT2D eigenvalue weighted by atomic mass is 10.2. The van der Waals surface area contributed by atoms with Gasteiger partial charge in [0.2, 0.25) is 0 Å². The molecule has 0 saturated carbocycles. The summed E-state index contributed by atoms with van der Waals surface area (Å²) >= 11 is 0. The molecule has 4 nitrogen and oxygen atoms in total. The van der Waals surface area contributed by atoms with Crippen molar-refractivity contribution in [2.24, 2.45) is 0 Å². The van der Waals surface area contributed by atoms with Gasteiger partial charge in [0, 0.05) is 14.2 Å². The molecule has 0 radical (unpaired) electrons. The first-order valence-electron chi connectivity index (χ1n) is 5.06. The summed E-state index contributed by atoms with van der Waals surface area (Å²) in [5.74, 6) is -0.291. The van der Waals surface area contributed by atoms with Crippen LogP contribution >= 0.6 is 7.60 Å². The number of benzene rings is 1. The molecular formula is C12H15O4P. The molecule has 0 aromatic heterocycles. The lowest BCUT2D eigenvalue weighted by molar-refractivity contribution is -0.112. The van der Waals surface area contributed by atoms with Gasteiger partial charge < -0.3 is 9.05 Å². The van der Waals surface area contributed by atoms with E-state index < -0.39 is 7.60 Å². The minimum absolute atomic E-state index is 0.247. The molecule has 92 valence electrons. The summed E-state index contributed by atoms with van der Waals surface area (Å²) in [6.07, 6.45) is 2.79. The summed E-state index contributed by atoms with van der Waals surface area (Å²) in [6.45, 7) is 0. The van der Waals surface area contributed by atoms with Crippen LogP contribution in [0, 0.1) is 0 Å². The maximum Gasteiger partial charge on any atom is 0.337 e. The number of carbonyl (C=O) groups is 1. The maximum atomic E-state index is 11.7. The van der Waals surface area contributed by atoms with Crippen LogP contribution in [0.3, 0.4) is 0 Å². The minimum Gasteiger partial charge on any atom is -0.312 e. The van der Waals surface area contributed by atoms with Crippen LogP contribution in [0.2, 0.25) is 0 Å². The number of hydrogen-bond acceptors (Lipinski definition) is 4. The van der Waals surface area contributed by atoms with Gasteiger partial charge in [-0.25, -0.2) is 0 Å². The van der Waals surface area contributed by atoms with Crippen LogP contribution < -0.4 is 0 Å². The highest BCUT2D eigenvalue weighted by Gasteiger charge is 2.23. The normalized spacial score (nSPS) is 11.9. The Bertz CT molecular complexity index is 431. The molecule has 0 spiro atoms. The summed E-state index contributed by atoms with van der Waals surface area (Å²) in [6, 6.07) is 9.38. The average molecular weight is 254 g/mol. The van der Waals surface area contributed by atoms with E-state index in [0.717, 1.165) is 5.56 Å². The highest BCUT2D eigenvalue weighted by Crippen LogP contribution is 2.46. The Hall–Kier alpha value is -1.22. The number of allylic oxidation sites excluding steroid dienone is 1. The van der Waals surface area contributed by atoms with Crippen molar-refractivity contribution in [2.75, 3.05) is 20.4 Å². The van der Waals surface area contributed by atoms with Gasteiger partial charge in [0.1, 0.15) is 6.16 Å². The fraction of sp³-hybridized carbons (Fsp3) is 0.250. The Kier molecular flexibility index (Phi) is 5.29. The molecule has 5 heteroatoms. The second-order valence-electron chi connectivity index (χ2n) is 3.34. The average Bonchev–Trinajstić information content (AvgIpc) is 2.37. The monoisotopic (exact) mass is 254 g/mol. The van der Waals surface area contributed by atoms with Gasteiger partial charge in [-0.15, -0.1) is 0 Å². The predicted octanol–water partition coefficient (Wildman–Crippen LogP) is 2.75. The van der Waals surface area contributed by atoms with Crippen LogP contribution in [0.5, 0.6) is 0 Å². The SMILES string of the molecule is COP(=O)(CC(=O)C=Cc1ccccc1)OC. The third kappa shape index (κ3) is 4.65. The lowest BCUT2D eigenvalue weighted by Gasteiger charge is -2.10. The standard InChI is InChI=1S/C12H15O4P/c1-15-17(14,16-2)10-12(13)9-8-11-6-4-3-5-7-11/h3-9H,10H2,1-2H3. The molecule has 0 unspecified atom stereocenters. The van der Waals surface area contributed by atoms with Crippen molar-refractivity contribution in [2.45, 2.75) is 0 Å². The van der Waals surface area contributed by atoms with Gasteiger partial charge in [-0.1, -0.05) is 36.4 Å². The number of ketones is 1. The summed E-state index contributed by atoms with van der Waals surface area (Å²) in [5.41, 5.74) is 0.908. The summed E-state index contributed by atoms with van der Waals surface area (Å²) in [5, 5.41) is 0. The van der Waals surface area contributed by atoms with E-state index in [1.165, 1.54) is 20.3 Å². The Morgan fingerprint density at radius 3 is 2.35 bits per heavy atom. The summed E-state index contributed by atoms with van der Waals surface area (Å²) in [7, 11) is -0.735. The quantitative estimate of drug-likeness (QED) is 0.578. The van der Waals surface area contributed by atoms with Crippen LogP contribution in [0.25, 0.3) is 6.08 Å². The first kappa shape index (κ1) is 13.8. The van der Waals surface area contributed by atoms with Crippen LogP contribution in [-0.2, 0) is 18.4 Å². The molecule has 0 aliphatic rings. The van der Waals surface area contributed by atoms with E-state index >= 15 is 0 Å². The third-order valence-corrected chi connectivity index (χ3v) is 3.98. The van der Waals surface area contributed by atoms with E-state index in [1.54, 1.807) is 6.08 Å². The van der Waals surface area contributed by atoms with Crippen molar-refractivity contribution in [1.29, 1.82) is 0 Å². The Labute approximate surface area is 101 Å². The third-order valence-electron chi connectivity index (χ3n) is 2.17. The number of rotatable bonds is 6. The van der Waals surface area contributed by atoms with E-state index in [4.69, 9.17) is 0 Å². The van der Waals surface area contributed by atoms with Crippen LogP contribution in [-0.4, -0.2) is 26.2 Å². The van der Waals surface area contributed by atoms with Gasteiger partial charge in [-0.3, -0.25) is 9.36 Å². The molecule has 1 aromatic rings. The zero-order valence-electron chi connectivity index (χ0n) is 9.83. The van der Waals surface area contributed by atoms with Crippen LogP contribution in [0.4, 0.5) is 0 Å². The Balaban J connectivity index is 2.62. The van der Waals surface area contributed by atoms with Crippen molar-refractivity contribution >= 4 is 19.5 Å². The zero-order valence-corrected chi connectivity index (χ0v) is 10.7. The van der Waals surface area contributed by atoms with E-state index in [0.29, 0.717) is 0 Å². The number of hydrogen-bond donors (Lipinski definition) is 0. The molecule has 0 N–H and O–H groups in total. The molecule has 1 aromatic carbocycles. The molecule has 0 aliphatic heterocycles. The van der Waals surface area contributed by atoms with Gasteiger partial charge in [0.15, 0.2) is 5.78 Å². The maximum absolute atomic E-state index is 11.7. The fourth-order valence-electron chi connectivity index (χ4n) is 1.20. The van der Waals surface area contributed by atoms with Crippen LogP contribution in [0.15, 0.2) is 36.4 Å². The van der Waals surface area contributed by atoms with Gasteiger partial charge in [0.05, 0.1) is 0 Å². The Morgan fingerprint density at radius 2 is 1.82 bits per heavy atom. The molecule has 0 fully saturated rings. The lowest BCUT2D eigenvalue weighted by Crippen LogP contribution is -2.04. The molecular weight excluding hydrogens is 239 g/mol. The van der Waals surface area contributed by atoms with Gasteiger partial charge in [0.25, 0.3) is 0 Å². The van der Waals surface area contributed by atoms with Gasteiger partial charge >= 0.3 is 7.60 Å². The molecule has 1 rings (SSSR count). The highest BCUT2D eigenvalue weighted by molar-refractivity contribution is 7.54. The van der Waals surface area contributed by atoms with E-state index in [1.807, 2.05) is 30.3 Å². The largest absolute Gasteiger partial charge is 0.337 e. The van der Waals surface area contributed by atoms with Gasteiger partial charge in [-0.2, -0.15) is 0 Å². The molecule has 0 amide bonds. The first-order valence-corrected chi connectivity index (χ1v) is 6.79. The highest BCUT2D eigenvalue weighted by atomic mass is 31.2. The molecule has 0 aliphatic carbocycles. The van der Waals surface area contributed by atoms with E-state index in [9.17, 15) is 9.36 Å². The van der Waals surface area contributed by atoms with Crippen molar-refractivity contribution in [3.05, 3.63) is 42.0 Å².